The third-order valence-electron chi connectivity index (χ3n) is 2.39. The van der Waals surface area contributed by atoms with Crippen molar-refractivity contribution in [1.82, 2.24) is 0 Å². The molecule has 0 saturated carbocycles. The molecule has 2 N–H and O–H groups in total. The Kier molecular flexibility index (Phi) is 3.50. The number of carbonyl (C=O) groups is 1. The Balaban J connectivity index is 3.28. The van der Waals surface area contributed by atoms with E-state index in [0.29, 0.717) is 5.56 Å². The van der Waals surface area contributed by atoms with Crippen LogP contribution in [0.2, 0.25) is 0 Å². The van der Waals surface area contributed by atoms with Gasteiger partial charge < -0.3 is 10.2 Å². The first kappa shape index (κ1) is 11.3. The molecule has 0 radical (unpaired) electrons. The fourth-order valence-electron chi connectivity index (χ4n) is 1.57. The molecular formula is C12H14O3. The summed E-state index contributed by atoms with van der Waals surface area (Å²) in [7, 11) is 0. The molecule has 0 spiro atoms. The second kappa shape index (κ2) is 4.64. The number of phenolic OH excluding ortho intramolecular Hbond substituents is 1. The maximum Gasteiger partial charge on any atom is 0.335 e. The minimum atomic E-state index is -0.981. The smallest absolute Gasteiger partial charge is 0.335 e. The maximum atomic E-state index is 11.0. The van der Waals surface area contributed by atoms with Crippen molar-refractivity contribution in [1.29, 1.82) is 0 Å². The molecule has 0 bridgehead atoms. The Morgan fingerprint density at radius 3 is 2.73 bits per heavy atom. The molecule has 0 aliphatic heterocycles. The summed E-state index contributed by atoms with van der Waals surface area (Å²) in [5.74, 6) is -0.941. The van der Waals surface area contributed by atoms with Crippen molar-refractivity contribution in [3.05, 3.63) is 42.0 Å². The highest BCUT2D eigenvalue weighted by molar-refractivity contribution is 5.90. The molecule has 1 atom stereocenters. The molecule has 15 heavy (non-hydrogen) atoms. The predicted molar refractivity (Wildman–Crippen MR) is 58.3 cm³/mol. The zero-order chi connectivity index (χ0) is 11.4. The van der Waals surface area contributed by atoms with Crippen LogP contribution in [0.25, 0.3) is 0 Å². The molecule has 1 unspecified atom stereocenters. The second-order valence-corrected chi connectivity index (χ2v) is 3.33. The van der Waals surface area contributed by atoms with Gasteiger partial charge in [0.25, 0.3) is 0 Å². The van der Waals surface area contributed by atoms with E-state index in [1.807, 2.05) is 6.92 Å². The molecular weight excluding hydrogens is 192 g/mol. The minimum Gasteiger partial charge on any atom is -0.508 e. The molecule has 0 saturated heterocycles. The Morgan fingerprint density at radius 2 is 2.27 bits per heavy atom. The number of aromatic hydroxyl groups is 1. The largest absolute Gasteiger partial charge is 0.508 e. The Bertz CT molecular complexity index is 382. The van der Waals surface area contributed by atoms with Crippen molar-refractivity contribution in [2.24, 2.45) is 0 Å². The van der Waals surface area contributed by atoms with E-state index >= 15 is 0 Å². The molecule has 80 valence electrons. The van der Waals surface area contributed by atoms with Gasteiger partial charge in [0.15, 0.2) is 0 Å². The van der Waals surface area contributed by atoms with Gasteiger partial charge in [-0.3, -0.25) is 0 Å². The predicted octanol–water partition coefficient (Wildman–Crippen LogP) is 2.77. The summed E-state index contributed by atoms with van der Waals surface area (Å²) in [5, 5.41) is 18.3. The normalized spacial score (nSPS) is 12.1. The number of hydrogen-bond donors (Lipinski definition) is 2. The Hall–Kier alpha value is -1.77. The first-order valence-corrected chi connectivity index (χ1v) is 4.78. The molecule has 0 amide bonds. The van der Waals surface area contributed by atoms with Gasteiger partial charge in [-0.05, 0) is 30.2 Å². The third-order valence-corrected chi connectivity index (χ3v) is 2.39. The highest BCUT2D eigenvalue weighted by Crippen LogP contribution is 2.27. The van der Waals surface area contributed by atoms with Gasteiger partial charge in [0.05, 0.1) is 5.56 Å². The van der Waals surface area contributed by atoms with E-state index in [1.54, 1.807) is 6.08 Å². The van der Waals surface area contributed by atoms with Crippen molar-refractivity contribution >= 4 is 5.97 Å². The van der Waals surface area contributed by atoms with Gasteiger partial charge in [-0.1, -0.05) is 13.0 Å². The summed E-state index contributed by atoms with van der Waals surface area (Å²) >= 11 is 0. The van der Waals surface area contributed by atoms with Gasteiger partial charge in [0, 0.05) is 5.92 Å². The van der Waals surface area contributed by atoms with Crippen LogP contribution in [-0.2, 0) is 0 Å². The lowest BCUT2D eigenvalue weighted by atomic mass is 9.92. The van der Waals surface area contributed by atoms with Gasteiger partial charge in [-0.25, -0.2) is 4.79 Å². The number of rotatable bonds is 4. The van der Waals surface area contributed by atoms with Crippen LogP contribution >= 0.6 is 0 Å². The van der Waals surface area contributed by atoms with Gasteiger partial charge in [-0.2, -0.15) is 0 Å². The van der Waals surface area contributed by atoms with Crippen LogP contribution in [0.3, 0.4) is 0 Å². The Labute approximate surface area is 88.7 Å². The lowest BCUT2D eigenvalue weighted by molar-refractivity contribution is 0.0695. The van der Waals surface area contributed by atoms with Crippen LogP contribution < -0.4 is 0 Å². The third kappa shape index (κ3) is 2.37. The van der Waals surface area contributed by atoms with Crippen LogP contribution in [0, 0.1) is 0 Å². The van der Waals surface area contributed by atoms with Crippen molar-refractivity contribution in [3.8, 4) is 5.75 Å². The van der Waals surface area contributed by atoms with E-state index in [2.05, 4.69) is 6.58 Å². The first-order valence-electron chi connectivity index (χ1n) is 4.78. The van der Waals surface area contributed by atoms with Crippen LogP contribution in [0.4, 0.5) is 0 Å². The number of carboxylic acids is 1. The molecule has 3 heteroatoms. The first-order chi connectivity index (χ1) is 7.10. The van der Waals surface area contributed by atoms with E-state index in [-0.39, 0.29) is 17.2 Å². The van der Waals surface area contributed by atoms with Crippen LogP contribution in [0.1, 0.15) is 35.2 Å². The fourth-order valence-corrected chi connectivity index (χ4v) is 1.57. The summed E-state index contributed by atoms with van der Waals surface area (Å²) in [5.41, 5.74) is 0.833. The minimum absolute atomic E-state index is 0.0387. The summed E-state index contributed by atoms with van der Waals surface area (Å²) in [4.78, 5) is 11.0. The molecule has 0 aromatic heterocycles. The lowest BCUT2D eigenvalue weighted by Gasteiger charge is -2.13. The molecule has 1 aromatic rings. The average Bonchev–Trinajstić information content (AvgIpc) is 2.19. The highest BCUT2D eigenvalue weighted by Gasteiger charge is 2.15. The molecule has 0 aliphatic rings. The number of phenols is 1. The van der Waals surface area contributed by atoms with E-state index < -0.39 is 5.97 Å². The Morgan fingerprint density at radius 1 is 1.60 bits per heavy atom. The number of allylic oxidation sites excluding steroid dienone is 1. The standard InChI is InChI=1S/C12H14O3/c1-3-8(4-2)11-7-9(13)5-6-10(11)12(14)15/h3,5-8,13H,1,4H2,2H3,(H,14,15). The van der Waals surface area contributed by atoms with Crippen LogP contribution in [0.5, 0.6) is 5.75 Å². The number of benzene rings is 1. The topological polar surface area (TPSA) is 57.5 Å². The number of carboxylic acid groups (broad SMARTS) is 1. The highest BCUT2D eigenvalue weighted by atomic mass is 16.4. The van der Waals surface area contributed by atoms with Gasteiger partial charge in [-0.15, -0.1) is 6.58 Å². The molecule has 0 aliphatic carbocycles. The SMILES string of the molecule is C=CC(CC)c1cc(O)ccc1C(=O)O. The molecule has 1 rings (SSSR count). The summed E-state index contributed by atoms with van der Waals surface area (Å²) < 4.78 is 0. The number of aromatic carboxylic acids is 1. The summed E-state index contributed by atoms with van der Waals surface area (Å²) in [6, 6.07) is 4.28. The second-order valence-electron chi connectivity index (χ2n) is 3.33. The summed E-state index contributed by atoms with van der Waals surface area (Å²) in [6.45, 7) is 5.61. The molecule has 3 nitrogen and oxygen atoms in total. The monoisotopic (exact) mass is 206 g/mol. The maximum absolute atomic E-state index is 11.0. The van der Waals surface area contributed by atoms with Crippen molar-refractivity contribution in [3.63, 3.8) is 0 Å². The fraction of sp³-hybridized carbons (Fsp3) is 0.250. The zero-order valence-corrected chi connectivity index (χ0v) is 8.60. The molecule has 1 aromatic carbocycles. The molecule has 0 heterocycles. The summed E-state index contributed by atoms with van der Waals surface area (Å²) in [6.07, 6.45) is 2.45. The lowest BCUT2D eigenvalue weighted by Crippen LogP contribution is -2.05. The quantitative estimate of drug-likeness (QED) is 0.745. The zero-order valence-electron chi connectivity index (χ0n) is 8.60. The average molecular weight is 206 g/mol. The number of hydrogen-bond acceptors (Lipinski definition) is 2. The van der Waals surface area contributed by atoms with Crippen LogP contribution in [0.15, 0.2) is 30.9 Å². The van der Waals surface area contributed by atoms with Crippen LogP contribution in [-0.4, -0.2) is 16.2 Å². The van der Waals surface area contributed by atoms with Crippen molar-refractivity contribution in [2.45, 2.75) is 19.3 Å². The van der Waals surface area contributed by atoms with E-state index in [1.165, 1.54) is 18.2 Å². The van der Waals surface area contributed by atoms with Crippen molar-refractivity contribution in [2.75, 3.05) is 0 Å². The van der Waals surface area contributed by atoms with Crippen molar-refractivity contribution < 1.29 is 15.0 Å². The van der Waals surface area contributed by atoms with E-state index in [0.717, 1.165) is 6.42 Å². The van der Waals surface area contributed by atoms with Gasteiger partial charge >= 0.3 is 5.97 Å². The van der Waals surface area contributed by atoms with Gasteiger partial charge in [0.1, 0.15) is 5.75 Å². The molecule has 0 fully saturated rings. The van der Waals surface area contributed by atoms with E-state index in [9.17, 15) is 9.90 Å². The van der Waals surface area contributed by atoms with Gasteiger partial charge in [0.2, 0.25) is 0 Å². The van der Waals surface area contributed by atoms with E-state index in [4.69, 9.17) is 5.11 Å².